The van der Waals surface area contributed by atoms with Gasteiger partial charge in [-0.25, -0.2) is 4.79 Å². The van der Waals surface area contributed by atoms with E-state index in [1.54, 1.807) is 49.9 Å². The highest BCUT2D eigenvalue weighted by Crippen LogP contribution is 2.39. The van der Waals surface area contributed by atoms with Crippen molar-refractivity contribution in [3.8, 4) is 0 Å². The number of benzene rings is 2. The van der Waals surface area contributed by atoms with Crippen molar-refractivity contribution >= 4 is 23.8 Å². The van der Waals surface area contributed by atoms with E-state index < -0.39 is 23.6 Å². The number of hydrogen-bond donors (Lipinski definition) is 0. The zero-order valence-electron chi connectivity index (χ0n) is 24.4. The molecule has 0 radical (unpaired) electrons. The van der Waals surface area contributed by atoms with E-state index in [0.29, 0.717) is 41.8 Å². The average Bonchev–Trinajstić information content (AvgIpc) is 2.98. The van der Waals surface area contributed by atoms with Crippen LogP contribution in [0.5, 0.6) is 0 Å². The number of carbonyl (C=O) groups excluding carboxylic acids is 4. The third-order valence-corrected chi connectivity index (χ3v) is 7.80. The lowest BCUT2D eigenvalue weighted by Gasteiger charge is -2.35. The number of rotatable bonds is 8. The fourth-order valence-corrected chi connectivity index (χ4v) is 5.65. The number of hydrogen-bond acceptors (Lipinski definition) is 6. The van der Waals surface area contributed by atoms with Crippen molar-refractivity contribution < 1.29 is 41.8 Å². The van der Waals surface area contributed by atoms with Gasteiger partial charge >= 0.3 is 18.1 Å². The Morgan fingerprint density at radius 2 is 1.70 bits per heavy atom. The number of esters is 2. The van der Waals surface area contributed by atoms with Crippen LogP contribution in [-0.4, -0.2) is 59.9 Å². The Morgan fingerprint density at radius 1 is 1.00 bits per heavy atom. The van der Waals surface area contributed by atoms with Gasteiger partial charge in [-0.05, 0) is 69.0 Å². The van der Waals surface area contributed by atoms with Crippen LogP contribution in [0.3, 0.4) is 0 Å². The van der Waals surface area contributed by atoms with Gasteiger partial charge in [0.15, 0.2) is 0 Å². The molecule has 2 aromatic carbocycles. The van der Waals surface area contributed by atoms with E-state index in [4.69, 9.17) is 9.47 Å². The number of alkyl halides is 3. The van der Waals surface area contributed by atoms with E-state index in [2.05, 4.69) is 0 Å². The second kappa shape index (κ2) is 13.4. The summed E-state index contributed by atoms with van der Waals surface area (Å²) in [7, 11) is 0. The lowest BCUT2D eigenvalue weighted by atomic mass is 9.83. The van der Waals surface area contributed by atoms with E-state index in [0.717, 1.165) is 12.1 Å². The molecule has 0 saturated carbocycles. The monoisotopic (exact) mass is 600 g/mol. The fraction of sp³-hybridized carbons (Fsp3) is 0.438. The topological polar surface area (TPSA) is 93.2 Å². The van der Waals surface area contributed by atoms with Crippen LogP contribution in [0.15, 0.2) is 59.8 Å². The summed E-state index contributed by atoms with van der Waals surface area (Å²) < 4.78 is 49.8. The van der Waals surface area contributed by atoms with E-state index in [9.17, 15) is 32.3 Å². The van der Waals surface area contributed by atoms with E-state index in [-0.39, 0.29) is 62.0 Å². The third kappa shape index (κ3) is 7.26. The summed E-state index contributed by atoms with van der Waals surface area (Å²) >= 11 is 0. The first-order valence-corrected chi connectivity index (χ1v) is 14.3. The van der Waals surface area contributed by atoms with E-state index in [1.807, 2.05) is 0 Å². The molecule has 230 valence electrons. The van der Waals surface area contributed by atoms with Crippen molar-refractivity contribution in [3.05, 3.63) is 82.1 Å². The molecule has 2 aliphatic heterocycles. The molecule has 0 bridgehead atoms. The van der Waals surface area contributed by atoms with Gasteiger partial charge in [0.25, 0.3) is 5.91 Å². The Labute approximate surface area is 248 Å². The molecule has 11 heteroatoms. The lowest BCUT2D eigenvalue weighted by molar-refractivity contribution is -0.149. The van der Waals surface area contributed by atoms with Gasteiger partial charge in [-0.2, -0.15) is 13.2 Å². The maximum absolute atomic E-state index is 13.4. The Morgan fingerprint density at radius 3 is 2.35 bits per heavy atom. The number of likely N-dealkylation sites (tertiary alicyclic amines) is 1. The van der Waals surface area contributed by atoms with Crippen LogP contribution in [0.4, 0.5) is 13.2 Å². The summed E-state index contributed by atoms with van der Waals surface area (Å²) in [5, 5.41) is 0. The van der Waals surface area contributed by atoms with Gasteiger partial charge < -0.3 is 19.3 Å². The van der Waals surface area contributed by atoms with Crippen LogP contribution < -0.4 is 0 Å². The van der Waals surface area contributed by atoms with Gasteiger partial charge in [-0.15, -0.1) is 0 Å². The van der Waals surface area contributed by atoms with Crippen molar-refractivity contribution in [2.75, 3.05) is 26.3 Å². The molecule has 2 heterocycles. The van der Waals surface area contributed by atoms with Crippen LogP contribution >= 0.6 is 0 Å². The lowest BCUT2D eigenvalue weighted by Crippen LogP contribution is -2.42. The molecular weight excluding hydrogens is 565 g/mol. The van der Waals surface area contributed by atoms with Crippen molar-refractivity contribution in [2.24, 2.45) is 5.92 Å². The summed E-state index contributed by atoms with van der Waals surface area (Å²) in [6.45, 7) is 6.20. The number of nitrogens with zero attached hydrogens (tertiary/aromatic N) is 2. The largest absolute Gasteiger partial charge is 0.466 e. The maximum Gasteiger partial charge on any atom is 0.416 e. The first kappa shape index (κ1) is 31.8. The Hall–Kier alpha value is -4.15. The van der Waals surface area contributed by atoms with Crippen LogP contribution in [0.2, 0.25) is 0 Å². The fourth-order valence-electron chi connectivity index (χ4n) is 5.65. The molecule has 0 N–H and O–H groups in total. The normalized spacial score (nSPS) is 19.3. The summed E-state index contributed by atoms with van der Waals surface area (Å²) in [5.74, 6) is -2.66. The predicted octanol–water partition coefficient (Wildman–Crippen LogP) is 5.47. The number of ether oxygens (including phenoxy) is 2. The number of allylic oxidation sites excluding steroid dienone is 1. The smallest absolute Gasteiger partial charge is 0.416 e. The minimum absolute atomic E-state index is 0.0693. The van der Waals surface area contributed by atoms with Crippen molar-refractivity contribution in [2.45, 2.75) is 58.7 Å². The molecule has 4 rings (SSSR count). The number of amides is 2. The average molecular weight is 601 g/mol. The highest BCUT2D eigenvalue weighted by atomic mass is 19.4. The molecule has 0 aromatic heterocycles. The number of carbonyl (C=O) groups is 4. The maximum atomic E-state index is 13.4. The van der Waals surface area contributed by atoms with Crippen LogP contribution in [0, 0.1) is 5.92 Å². The van der Waals surface area contributed by atoms with Gasteiger partial charge in [0.2, 0.25) is 5.91 Å². The standard InChI is InChI=1S/C32H35F3N2O6/c1-4-42-30(40)24-10-7-15-36(19-24)29(39)23-9-6-8-21(16-23)18-37-20(3)28(31(41)43-5-2)26(17-27(37)38)22-11-13-25(14-12-22)32(33,34)35/h6,8-9,11-14,16,24,26H,4-5,7,10,15,17-19H2,1-3H3. The van der Waals surface area contributed by atoms with Gasteiger partial charge in [0, 0.05) is 36.7 Å². The minimum atomic E-state index is -4.51. The molecule has 2 atom stereocenters. The van der Waals surface area contributed by atoms with Crippen LogP contribution in [0.25, 0.3) is 0 Å². The first-order valence-electron chi connectivity index (χ1n) is 14.3. The summed E-state index contributed by atoms with van der Waals surface area (Å²) in [6.07, 6.45) is -3.32. The number of halogens is 3. The zero-order chi connectivity index (χ0) is 31.3. The predicted molar refractivity (Wildman–Crippen MR) is 150 cm³/mol. The molecule has 2 amide bonds. The SMILES string of the molecule is CCOC(=O)C1=C(C)N(Cc2cccc(C(=O)N3CCCC(C(=O)OCC)C3)c2)C(=O)CC1c1ccc(C(F)(F)F)cc1. The molecule has 0 spiro atoms. The van der Waals surface area contributed by atoms with Crippen molar-refractivity contribution in [3.63, 3.8) is 0 Å². The van der Waals surface area contributed by atoms with Crippen molar-refractivity contribution in [1.82, 2.24) is 9.80 Å². The Balaban J connectivity index is 1.58. The zero-order valence-corrected chi connectivity index (χ0v) is 24.4. The molecule has 2 aromatic rings. The van der Waals surface area contributed by atoms with Crippen LogP contribution in [-0.2, 0) is 36.6 Å². The Kier molecular flexibility index (Phi) is 9.93. The van der Waals surface area contributed by atoms with Gasteiger partial charge in [-0.3, -0.25) is 14.4 Å². The van der Waals surface area contributed by atoms with E-state index in [1.165, 1.54) is 17.0 Å². The highest BCUT2D eigenvalue weighted by molar-refractivity contribution is 5.96. The van der Waals surface area contributed by atoms with Crippen LogP contribution in [0.1, 0.15) is 73.0 Å². The molecule has 1 saturated heterocycles. The molecular formula is C32H35F3N2O6. The quantitative estimate of drug-likeness (QED) is 0.373. The van der Waals surface area contributed by atoms with E-state index >= 15 is 0 Å². The summed E-state index contributed by atoms with van der Waals surface area (Å²) in [5.41, 5.74) is 1.17. The van der Waals surface area contributed by atoms with Gasteiger partial charge in [0.05, 0.1) is 36.8 Å². The minimum Gasteiger partial charge on any atom is -0.466 e. The third-order valence-electron chi connectivity index (χ3n) is 7.80. The molecule has 8 nitrogen and oxygen atoms in total. The molecule has 1 fully saturated rings. The molecule has 43 heavy (non-hydrogen) atoms. The van der Waals surface area contributed by atoms with Crippen molar-refractivity contribution in [1.29, 1.82) is 0 Å². The highest BCUT2D eigenvalue weighted by Gasteiger charge is 2.38. The molecule has 2 unspecified atom stereocenters. The van der Waals surface area contributed by atoms with Gasteiger partial charge in [0.1, 0.15) is 0 Å². The molecule has 2 aliphatic rings. The second-order valence-electron chi connectivity index (χ2n) is 10.6. The Bertz CT molecular complexity index is 1400. The summed E-state index contributed by atoms with van der Waals surface area (Å²) in [4.78, 5) is 55.1. The number of piperidine rings is 1. The molecule has 0 aliphatic carbocycles. The summed E-state index contributed by atoms with van der Waals surface area (Å²) in [6, 6.07) is 11.3. The second-order valence-corrected chi connectivity index (χ2v) is 10.6. The van der Waals surface area contributed by atoms with Gasteiger partial charge in [-0.1, -0.05) is 24.3 Å². The first-order chi connectivity index (χ1) is 20.4.